The third-order valence-corrected chi connectivity index (χ3v) is 6.58. The zero-order valence-electron chi connectivity index (χ0n) is 21.2. The Hall–Kier alpha value is -4.14. The Morgan fingerprint density at radius 2 is 1.62 bits per heavy atom. The van der Waals surface area contributed by atoms with Gasteiger partial charge in [-0.15, -0.1) is 0 Å². The van der Waals surface area contributed by atoms with Crippen molar-refractivity contribution in [2.45, 2.75) is 13.2 Å². The Morgan fingerprint density at radius 3 is 2.38 bits per heavy atom. The van der Waals surface area contributed by atoms with Crippen LogP contribution in [0.25, 0.3) is 22.4 Å². The molecule has 0 saturated carbocycles. The first-order valence-electron chi connectivity index (χ1n) is 12.1. The zero-order chi connectivity index (χ0) is 28.2. The number of halogens is 4. The molecule has 4 aromatic carbocycles. The van der Waals surface area contributed by atoms with E-state index in [9.17, 15) is 13.6 Å². The summed E-state index contributed by atoms with van der Waals surface area (Å²) in [5, 5.41) is 0.998. The number of methoxy groups -OCH3 is 1. The highest BCUT2D eigenvalue weighted by molar-refractivity contribution is 6.31. The minimum absolute atomic E-state index is 0.183. The van der Waals surface area contributed by atoms with Crippen LogP contribution in [0.4, 0.5) is 8.78 Å². The van der Waals surface area contributed by atoms with Crippen LogP contribution < -0.4 is 9.47 Å². The van der Waals surface area contributed by atoms with Gasteiger partial charge in [-0.3, -0.25) is 0 Å². The van der Waals surface area contributed by atoms with E-state index in [1.165, 1.54) is 7.11 Å². The third kappa shape index (κ3) is 6.19. The van der Waals surface area contributed by atoms with Crippen LogP contribution in [0.15, 0.2) is 78.9 Å². The molecule has 6 nitrogen and oxygen atoms in total. The number of ether oxygens (including phenoxy) is 3. The number of carbonyl (C=O) groups is 1. The fraction of sp³-hybridized carbons (Fsp3) is 0.133. The Labute approximate surface area is 238 Å². The van der Waals surface area contributed by atoms with Crippen molar-refractivity contribution in [1.82, 2.24) is 9.55 Å². The average molecular weight is 583 g/mol. The molecule has 0 fully saturated rings. The van der Waals surface area contributed by atoms with E-state index >= 15 is 0 Å². The van der Waals surface area contributed by atoms with Gasteiger partial charge in [0, 0.05) is 28.7 Å². The highest BCUT2D eigenvalue weighted by atomic mass is 35.5. The van der Waals surface area contributed by atoms with Crippen molar-refractivity contribution in [3.63, 3.8) is 0 Å². The maximum Gasteiger partial charge on any atom is 0.343 e. The number of benzene rings is 4. The lowest BCUT2D eigenvalue weighted by atomic mass is 10.1. The van der Waals surface area contributed by atoms with Gasteiger partial charge in [0.2, 0.25) is 0 Å². The van der Waals surface area contributed by atoms with Crippen LogP contribution in [-0.4, -0.2) is 29.2 Å². The second-order valence-corrected chi connectivity index (χ2v) is 9.72. The van der Waals surface area contributed by atoms with Crippen molar-refractivity contribution in [2.75, 3.05) is 13.7 Å². The van der Waals surface area contributed by atoms with E-state index in [4.69, 9.17) is 32.7 Å². The summed E-state index contributed by atoms with van der Waals surface area (Å²) >= 11 is 12.5. The van der Waals surface area contributed by atoms with Crippen LogP contribution in [-0.2, 0) is 22.7 Å². The fourth-order valence-corrected chi connectivity index (χ4v) is 4.52. The molecule has 0 N–H and O–H groups in total. The highest BCUT2D eigenvalue weighted by Gasteiger charge is 2.20. The molecule has 0 radical (unpaired) electrons. The van der Waals surface area contributed by atoms with E-state index < -0.39 is 17.6 Å². The first kappa shape index (κ1) is 27.4. The molecule has 0 aliphatic carbocycles. The lowest BCUT2D eigenvalue weighted by Gasteiger charge is -2.15. The van der Waals surface area contributed by atoms with E-state index in [0.29, 0.717) is 50.5 Å². The molecule has 0 amide bonds. The van der Waals surface area contributed by atoms with Crippen LogP contribution in [0.5, 0.6) is 11.5 Å². The second kappa shape index (κ2) is 11.9. The van der Waals surface area contributed by atoms with Gasteiger partial charge >= 0.3 is 5.97 Å². The van der Waals surface area contributed by atoms with Gasteiger partial charge in [0.15, 0.2) is 18.2 Å². The fourth-order valence-electron chi connectivity index (χ4n) is 4.15. The molecule has 10 heteroatoms. The van der Waals surface area contributed by atoms with Gasteiger partial charge in [-0.25, -0.2) is 18.6 Å². The zero-order valence-corrected chi connectivity index (χ0v) is 22.7. The Morgan fingerprint density at radius 1 is 0.875 bits per heavy atom. The molecule has 0 saturated heterocycles. The van der Waals surface area contributed by atoms with Crippen molar-refractivity contribution in [2.24, 2.45) is 0 Å². The minimum Gasteiger partial charge on any atom is -0.488 e. The van der Waals surface area contributed by atoms with Gasteiger partial charge in [-0.05, 0) is 53.6 Å². The molecule has 5 rings (SSSR count). The van der Waals surface area contributed by atoms with Gasteiger partial charge in [0.25, 0.3) is 0 Å². The summed E-state index contributed by atoms with van der Waals surface area (Å²) in [6, 6.07) is 21.6. The normalized spacial score (nSPS) is 11.0. The maximum atomic E-state index is 14.3. The van der Waals surface area contributed by atoms with Crippen molar-refractivity contribution in [3.8, 4) is 22.9 Å². The van der Waals surface area contributed by atoms with E-state index in [0.717, 1.165) is 23.3 Å². The molecule has 0 bridgehead atoms. The van der Waals surface area contributed by atoms with Gasteiger partial charge in [0.05, 0.1) is 23.7 Å². The number of hydrogen-bond acceptors (Lipinski definition) is 5. The predicted octanol–water partition coefficient (Wildman–Crippen LogP) is 7.47. The van der Waals surface area contributed by atoms with Crippen LogP contribution in [0.2, 0.25) is 10.0 Å². The number of fused-ring (bicyclic) bond motifs is 1. The molecule has 1 aromatic heterocycles. The van der Waals surface area contributed by atoms with Crippen LogP contribution in [0.1, 0.15) is 11.1 Å². The number of rotatable bonds is 9. The number of nitrogens with zero attached hydrogens (tertiary/aromatic N) is 2. The van der Waals surface area contributed by atoms with Gasteiger partial charge in [-0.1, -0.05) is 47.5 Å². The summed E-state index contributed by atoms with van der Waals surface area (Å²) in [6.45, 7) is 0.289. The van der Waals surface area contributed by atoms with Crippen LogP contribution in [0, 0.1) is 11.6 Å². The predicted molar refractivity (Wildman–Crippen MR) is 149 cm³/mol. The highest BCUT2D eigenvalue weighted by Crippen LogP contribution is 2.36. The van der Waals surface area contributed by atoms with Crippen LogP contribution in [0.3, 0.4) is 0 Å². The number of carbonyl (C=O) groups excluding carboxylic acids is 1. The first-order valence-corrected chi connectivity index (χ1v) is 12.9. The summed E-state index contributed by atoms with van der Waals surface area (Å²) in [4.78, 5) is 15.9. The molecule has 0 aliphatic heterocycles. The molecule has 5 aromatic rings. The largest absolute Gasteiger partial charge is 0.488 e. The first-order chi connectivity index (χ1) is 19.3. The van der Waals surface area contributed by atoms with E-state index in [2.05, 4.69) is 9.72 Å². The van der Waals surface area contributed by atoms with Gasteiger partial charge in [-0.2, -0.15) is 0 Å². The van der Waals surface area contributed by atoms with Crippen molar-refractivity contribution < 1.29 is 27.8 Å². The average Bonchev–Trinajstić information content (AvgIpc) is 3.27. The number of imidazole rings is 1. The van der Waals surface area contributed by atoms with Gasteiger partial charge < -0.3 is 18.8 Å². The van der Waals surface area contributed by atoms with Crippen molar-refractivity contribution >= 4 is 40.2 Å². The number of aromatic nitrogens is 2. The summed E-state index contributed by atoms with van der Waals surface area (Å²) in [5.74, 6) is -1.06. The topological polar surface area (TPSA) is 62.6 Å². The second-order valence-electron chi connectivity index (χ2n) is 8.84. The molecular weight excluding hydrogens is 561 g/mol. The summed E-state index contributed by atoms with van der Waals surface area (Å²) in [7, 11) is 1.29. The van der Waals surface area contributed by atoms with Crippen LogP contribution >= 0.6 is 23.2 Å². The van der Waals surface area contributed by atoms with Crippen molar-refractivity contribution in [3.05, 3.63) is 112 Å². The Balaban J connectivity index is 1.48. The quantitative estimate of drug-likeness (QED) is 0.169. The molecule has 40 heavy (non-hydrogen) atoms. The Kier molecular flexibility index (Phi) is 8.19. The SMILES string of the molecule is COC(=O)COc1ccc(COc2cc(Cl)ccc2-c2nc3cc(F)c(F)cc3n2Cc2cccc(Cl)c2)cc1. The third-order valence-electron chi connectivity index (χ3n) is 6.11. The summed E-state index contributed by atoms with van der Waals surface area (Å²) in [5.41, 5.74) is 2.97. The minimum atomic E-state index is -0.988. The standard InChI is InChI=1S/C30H22Cl2F2N2O4/c1-38-29(37)17-39-22-8-5-18(6-9-22)16-40-28-12-21(32)7-10-23(28)30-35-26-13-24(33)25(34)14-27(26)36(30)15-19-3-2-4-20(31)11-19/h2-14H,15-17H2,1H3. The molecular formula is C30H22Cl2F2N2O4. The van der Waals surface area contributed by atoms with Crippen molar-refractivity contribution in [1.29, 1.82) is 0 Å². The smallest absolute Gasteiger partial charge is 0.343 e. The molecule has 0 aliphatic rings. The summed E-state index contributed by atoms with van der Waals surface area (Å²) in [6.07, 6.45) is 0. The summed E-state index contributed by atoms with van der Waals surface area (Å²) < 4.78 is 46.3. The molecule has 0 atom stereocenters. The maximum absolute atomic E-state index is 14.3. The number of hydrogen-bond donors (Lipinski definition) is 0. The Bertz CT molecular complexity index is 1690. The number of esters is 1. The molecule has 1 heterocycles. The molecule has 204 valence electrons. The molecule has 0 unspecified atom stereocenters. The van der Waals surface area contributed by atoms with E-state index in [1.807, 2.05) is 12.1 Å². The monoisotopic (exact) mass is 582 g/mol. The van der Waals surface area contributed by atoms with E-state index in [-0.39, 0.29) is 13.2 Å². The lowest BCUT2D eigenvalue weighted by Crippen LogP contribution is -2.12. The molecule has 0 spiro atoms. The lowest BCUT2D eigenvalue weighted by molar-refractivity contribution is -0.142. The van der Waals surface area contributed by atoms with Gasteiger partial charge in [0.1, 0.15) is 23.9 Å². The van der Waals surface area contributed by atoms with E-state index in [1.54, 1.807) is 59.2 Å².